The molecule has 3 aromatic carbocycles. The van der Waals surface area contributed by atoms with Crippen molar-refractivity contribution in [3.05, 3.63) is 101 Å². The summed E-state index contributed by atoms with van der Waals surface area (Å²) in [4.78, 5) is 24.3. The van der Waals surface area contributed by atoms with Crippen LogP contribution in [0.4, 0.5) is 4.39 Å². The predicted octanol–water partition coefficient (Wildman–Crippen LogP) is 10.7. The molecule has 2 N–H and O–H groups in total. The lowest BCUT2D eigenvalue weighted by Crippen LogP contribution is -2.21. The van der Waals surface area contributed by atoms with Gasteiger partial charge in [-0.25, -0.2) is 14.0 Å². The largest absolute Gasteiger partial charge is 0.493 e. The van der Waals surface area contributed by atoms with Crippen molar-refractivity contribution in [1.82, 2.24) is 0 Å². The number of halogens is 1. The van der Waals surface area contributed by atoms with Gasteiger partial charge in [0.1, 0.15) is 11.6 Å². The highest BCUT2D eigenvalue weighted by Gasteiger charge is 2.24. The number of esters is 2. The van der Waals surface area contributed by atoms with Gasteiger partial charge in [-0.1, -0.05) is 89.1 Å². The molecule has 1 saturated carbocycles. The molecule has 4 rings (SSSR count). The summed E-state index contributed by atoms with van der Waals surface area (Å²) in [6, 6.07) is 15.9. The average Bonchev–Trinajstić information content (AvgIpc) is 3.21. The Kier molecular flexibility index (Phi) is 18.5. The van der Waals surface area contributed by atoms with Crippen LogP contribution in [0.2, 0.25) is 0 Å². The molecular formula is C49H65FO7. The van der Waals surface area contributed by atoms with Gasteiger partial charge in [0.25, 0.3) is 0 Å². The van der Waals surface area contributed by atoms with Gasteiger partial charge in [-0.05, 0) is 135 Å². The van der Waals surface area contributed by atoms with E-state index in [1.807, 2.05) is 30.3 Å². The summed E-state index contributed by atoms with van der Waals surface area (Å²) in [5.74, 6) is 0.316. The van der Waals surface area contributed by atoms with Gasteiger partial charge in [-0.15, -0.1) is 0 Å². The van der Waals surface area contributed by atoms with E-state index >= 15 is 4.39 Å². The van der Waals surface area contributed by atoms with Gasteiger partial charge in [0.2, 0.25) is 0 Å². The van der Waals surface area contributed by atoms with Gasteiger partial charge in [0.05, 0.1) is 33.0 Å². The monoisotopic (exact) mass is 784 g/mol. The summed E-state index contributed by atoms with van der Waals surface area (Å²) in [6.45, 7) is 14.9. The van der Waals surface area contributed by atoms with E-state index < -0.39 is 17.9 Å². The van der Waals surface area contributed by atoms with E-state index in [4.69, 9.17) is 14.2 Å². The minimum Gasteiger partial charge on any atom is -0.493 e. The summed E-state index contributed by atoms with van der Waals surface area (Å²) in [5.41, 5.74) is 8.00. The van der Waals surface area contributed by atoms with Crippen molar-refractivity contribution >= 4 is 11.9 Å². The number of hydrogen-bond acceptors (Lipinski definition) is 7. The first-order valence-electron chi connectivity index (χ1n) is 21.1. The highest BCUT2D eigenvalue weighted by atomic mass is 19.1. The van der Waals surface area contributed by atoms with Crippen LogP contribution in [0.1, 0.15) is 120 Å². The van der Waals surface area contributed by atoms with Crippen molar-refractivity contribution in [3.63, 3.8) is 0 Å². The molecule has 1 aliphatic carbocycles. The number of carbonyl (C=O) groups excluding carboxylic acids is 2. The molecule has 0 radical (unpaired) electrons. The zero-order chi connectivity index (χ0) is 41.3. The molecule has 3 aromatic rings. The molecule has 7 nitrogen and oxygen atoms in total. The third kappa shape index (κ3) is 13.1. The molecule has 1 aliphatic rings. The highest BCUT2D eigenvalue weighted by molar-refractivity contribution is 5.87. The molecule has 0 unspecified atom stereocenters. The number of carbonyl (C=O) groups is 2. The maximum atomic E-state index is 15.8. The van der Waals surface area contributed by atoms with E-state index in [1.165, 1.54) is 38.5 Å². The molecule has 0 spiro atoms. The van der Waals surface area contributed by atoms with E-state index in [9.17, 15) is 19.8 Å². The topological polar surface area (TPSA) is 102 Å². The summed E-state index contributed by atoms with van der Waals surface area (Å²) in [6.07, 6.45) is 12.7. The smallest absolute Gasteiger partial charge is 0.333 e. The third-order valence-electron chi connectivity index (χ3n) is 11.3. The molecule has 310 valence electrons. The SMILES string of the molecule is C=C(C)C(=O)OCCCc1cc(-c2ccc(-c3ccc(C4CCC(CCCCC)CC4)cc3F)cc2)c(CC)c(CCCOC(=O)C(=C)C)c1OCC(CO)CO. The first-order valence-corrected chi connectivity index (χ1v) is 21.1. The average molecular weight is 785 g/mol. The summed E-state index contributed by atoms with van der Waals surface area (Å²) < 4.78 is 33.1. The zero-order valence-corrected chi connectivity index (χ0v) is 34.8. The van der Waals surface area contributed by atoms with E-state index in [-0.39, 0.29) is 38.9 Å². The first kappa shape index (κ1) is 45.4. The number of benzene rings is 3. The highest BCUT2D eigenvalue weighted by Crippen LogP contribution is 2.41. The molecule has 8 heteroatoms. The number of unbranched alkanes of at least 4 members (excludes halogenated alkanes) is 2. The quantitative estimate of drug-likeness (QED) is 0.0561. The molecule has 0 saturated heterocycles. The van der Waals surface area contributed by atoms with Crippen LogP contribution in [-0.4, -0.2) is 55.2 Å². The minimum absolute atomic E-state index is 0.101. The lowest BCUT2D eigenvalue weighted by molar-refractivity contribution is -0.139. The van der Waals surface area contributed by atoms with Crippen molar-refractivity contribution in [2.45, 2.75) is 117 Å². The van der Waals surface area contributed by atoms with Crippen LogP contribution in [-0.2, 0) is 38.3 Å². The van der Waals surface area contributed by atoms with Gasteiger partial charge in [-0.2, -0.15) is 0 Å². The Hall–Kier alpha value is -4.27. The normalized spacial score (nSPS) is 15.4. The van der Waals surface area contributed by atoms with Crippen LogP contribution in [0.15, 0.2) is 72.8 Å². The lowest BCUT2D eigenvalue weighted by atomic mass is 9.77. The Morgan fingerprint density at radius 1 is 0.772 bits per heavy atom. The Morgan fingerprint density at radius 2 is 1.37 bits per heavy atom. The molecule has 0 aromatic heterocycles. The van der Waals surface area contributed by atoms with Crippen LogP contribution >= 0.6 is 0 Å². The van der Waals surface area contributed by atoms with E-state index in [2.05, 4.69) is 39.1 Å². The van der Waals surface area contributed by atoms with Gasteiger partial charge in [0.15, 0.2) is 0 Å². The van der Waals surface area contributed by atoms with Crippen molar-refractivity contribution in [2.75, 3.05) is 33.0 Å². The van der Waals surface area contributed by atoms with Gasteiger partial charge >= 0.3 is 11.9 Å². The van der Waals surface area contributed by atoms with Gasteiger partial charge in [0, 0.05) is 22.6 Å². The van der Waals surface area contributed by atoms with E-state index in [1.54, 1.807) is 19.9 Å². The Bertz CT molecular complexity index is 1780. The second-order valence-corrected chi connectivity index (χ2v) is 15.8. The summed E-state index contributed by atoms with van der Waals surface area (Å²) >= 11 is 0. The fraction of sp³-hybridized carbons (Fsp3) is 0.510. The molecule has 0 amide bonds. The standard InChI is InChI=1S/C49H65FO7/c1-7-9-10-13-35-16-18-37(19-17-35)40-24-25-43(46(50)29-40)38-20-22-39(23-21-38)45-28-41(14-11-26-55-48(53)33(3)4)47(57-32-36(30-51)31-52)44(42(45)8-2)15-12-27-56-49(54)34(5)6/h20-25,28-29,35-37,51-52H,3,5,7-19,26-27,30-32H2,1-2,4,6H3. The zero-order valence-electron chi connectivity index (χ0n) is 34.8. The van der Waals surface area contributed by atoms with Crippen LogP contribution in [0.3, 0.4) is 0 Å². The number of hydrogen-bond donors (Lipinski definition) is 2. The third-order valence-corrected chi connectivity index (χ3v) is 11.3. The molecule has 0 bridgehead atoms. The Labute approximate surface area is 340 Å². The number of rotatable bonds is 23. The van der Waals surface area contributed by atoms with Crippen molar-refractivity contribution in [1.29, 1.82) is 0 Å². The number of aliphatic hydroxyl groups excluding tert-OH is 2. The molecule has 1 fully saturated rings. The van der Waals surface area contributed by atoms with Gasteiger partial charge < -0.3 is 24.4 Å². The van der Waals surface area contributed by atoms with Crippen molar-refractivity contribution in [2.24, 2.45) is 11.8 Å². The maximum absolute atomic E-state index is 15.8. The van der Waals surface area contributed by atoms with Crippen molar-refractivity contribution < 1.29 is 38.4 Å². The van der Waals surface area contributed by atoms with Crippen LogP contribution in [0.5, 0.6) is 5.75 Å². The second kappa shape index (κ2) is 23.2. The first-order chi connectivity index (χ1) is 27.5. The minimum atomic E-state index is -0.471. The molecule has 0 aliphatic heterocycles. The van der Waals surface area contributed by atoms with Crippen LogP contribution in [0.25, 0.3) is 22.3 Å². The molecule has 0 heterocycles. The molecule has 0 atom stereocenters. The fourth-order valence-corrected chi connectivity index (χ4v) is 7.88. The van der Waals surface area contributed by atoms with Crippen LogP contribution < -0.4 is 4.74 Å². The molecule has 57 heavy (non-hydrogen) atoms. The molecular weight excluding hydrogens is 720 g/mol. The number of ether oxygens (including phenoxy) is 3. The fourth-order valence-electron chi connectivity index (χ4n) is 7.88. The van der Waals surface area contributed by atoms with Crippen molar-refractivity contribution in [3.8, 4) is 28.0 Å². The lowest BCUT2D eigenvalue weighted by Gasteiger charge is -2.29. The predicted molar refractivity (Wildman–Crippen MR) is 227 cm³/mol. The van der Waals surface area contributed by atoms with E-state index in [0.29, 0.717) is 60.5 Å². The number of aryl methyl sites for hydroxylation is 1. The summed E-state index contributed by atoms with van der Waals surface area (Å²) in [5, 5.41) is 19.7. The summed E-state index contributed by atoms with van der Waals surface area (Å²) in [7, 11) is 0. The van der Waals surface area contributed by atoms with Gasteiger partial charge in [-0.3, -0.25) is 0 Å². The Morgan fingerprint density at radius 3 is 1.91 bits per heavy atom. The van der Waals surface area contributed by atoms with E-state index in [0.717, 1.165) is 57.7 Å². The second-order valence-electron chi connectivity index (χ2n) is 15.8. The Balaban J connectivity index is 1.65. The maximum Gasteiger partial charge on any atom is 0.333 e. The van der Waals surface area contributed by atoms with Crippen LogP contribution in [0, 0.1) is 17.7 Å². The number of aliphatic hydroxyl groups is 2.